The second-order valence-electron chi connectivity index (χ2n) is 9.03. The zero-order valence-corrected chi connectivity index (χ0v) is 21.7. The topological polar surface area (TPSA) is 117 Å². The minimum atomic E-state index is -1.02. The number of fused-ring (bicyclic) bond motifs is 2. The fourth-order valence-corrected chi connectivity index (χ4v) is 4.72. The number of ether oxygens (including phenoxy) is 2. The number of thiophene rings is 1. The molecule has 2 heterocycles. The molecule has 4 N–H and O–H groups in total. The number of rotatable bonds is 8. The standard InChI is InChI=1S/C29H25FN2O6S/c1-16-8-24(30)26(32-29(36)18-6-7-39-15-18)11-25(16)31-19-3-5-22-27(9-19)38-13-17-2-4-21(10-23(17)28(22)35)37-14-20(34)12-33/h2-11,15,20,31,33-34H,12-14H2,1H3,(H,32,36)/t20-/m0/s1. The van der Waals surface area contributed by atoms with Crippen LogP contribution in [-0.4, -0.2) is 41.2 Å². The molecule has 39 heavy (non-hydrogen) atoms. The fourth-order valence-electron chi connectivity index (χ4n) is 4.08. The predicted molar refractivity (Wildman–Crippen MR) is 146 cm³/mol. The van der Waals surface area contributed by atoms with Gasteiger partial charge in [0.05, 0.1) is 23.4 Å². The summed E-state index contributed by atoms with van der Waals surface area (Å²) >= 11 is 1.38. The van der Waals surface area contributed by atoms with E-state index in [-0.39, 0.29) is 24.7 Å². The number of anilines is 3. The van der Waals surface area contributed by atoms with Crippen LogP contribution < -0.4 is 20.1 Å². The highest BCUT2D eigenvalue weighted by atomic mass is 32.1. The van der Waals surface area contributed by atoms with Crippen LogP contribution >= 0.6 is 11.3 Å². The van der Waals surface area contributed by atoms with Crippen molar-refractivity contribution in [2.45, 2.75) is 19.6 Å². The van der Waals surface area contributed by atoms with Crippen molar-refractivity contribution in [3.8, 4) is 11.5 Å². The number of amides is 1. The maximum Gasteiger partial charge on any atom is 0.256 e. The van der Waals surface area contributed by atoms with Crippen molar-refractivity contribution in [3.05, 3.63) is 99.0 Å². The largest absolute Gasteiger partial charge is 0.491 e. The molecule has 0 bridgehead atoms. The molecular formula is C29H25FN2O6S. The number of nitrogens with one attached hydrogen (secondary N) is 2. The van der Waals surface area contributed by atoms with Gasteiger partial charge in [0.1, 0.15) is 36.6 Å². The van der Waals surface area contributed by atoms with E-state index in [1.54, 1.807) is 60.1 Å². The van der Waals surface area contributed by atoms with Crippen LogP contribution in [-0.2, 0) is 6.61 Å². The fraction of sp³-hybridized carbons (Fsp3) is 0.172. The summed E-state index contributed by atoms with van der Waals surface area (Å²) in [5.41, 5.74) is 3.77. The Hall–Kier alpha value is -4.25. The minimum Gasteiger partial charge on any atom is -0.491 e. The first-order valence-electron chi connectivity index (χ1n) is 12.1. The van der Waals surface area contributed by atoms with Crippen molar-refractivity contribution in [2.75, 3.05) is 23.8 Å². The van der Waals surface area contributed by atoms with E-state index in [9.17, 15) is 19.1 Å². The van der Waals surface area contributed by atoms with E-state index in [1.165, 1.54) is 23.5 Å². The lowest BCUT2D eigenvalue weighted by Crippen LogP contribution is -2.21. The number of aliphatic hydroxyl groups excluding tert-OH is 2. The van der Waals surface area contributed by atoms with Gasteiger partial charge in [-0.1, -0.05) is 6.07 Å². The molecule has 0 saturated heterocycles. The first kappa shape index (κ1) is 26.4. The van der Waals surface area contributed by atoms with E-state index in [1.807, 2.05) is 0 Å². The summed E-state index contributed by atoms with van der Waals surface area (Å²) in [6, 6.07) is 14.6. The SMILES string of the molecule is Cc1cc(F)c(NC(=O)c2ccsc2)cc1Nc1ccc2c(c1)OCc1ccc(OC[C@@H](O)CO)cc1C2=O. The second-order valence-corrected chi connectivity index (χ2v) is 9.81. The Balaban J connectivity index is 1.36. The molecule has 0 radical (unpaired) electrons. The number of carbonyl (C=O) groups excluding carboxylic acids is 2. The third kappa shape index (κ3) is 5.78. The molecule has 1 aliphatic heterocycles. The van der Waals surface area contributed by atoms with Crippen molar-refractivity contribution >= 4 is 40.1 Å². The van der Waals surface area contributed by atoms with Gasteiger partial charge in [0, 0.05) is 33.9 Å². The molecule has 1 atom stereocenters. The molecule has 0 saturated carbocycles. The molecular weight excluding hydrogens is 523 g/mol. The number of carbonyl (C=O) groups is 2. The van der Waals surface area contributed by atoms with E-state index in [2.05, 4.69) is 10.6 Å². The quantitative estimate of drug-likeness (QED) is 0.244. The van der Waals surface area contributed by atoms with E-state index in [0.29, 0.717) is 50.7 Å². The first-order valence-corrected chi connectivity index (χ1v) is 13.0. The number of hydrogen-bond acceptors (Lipinski definition) is 8. The number of ketones is 1. The van der Waals surface area contributed by atoms with Gasteiger partial charge in [-0.15, -0.1) is 0 Å². The molecule has 3 aromatic carbocycles. The van der Waals surface area contributed by atoms with Crippen LogP contribution in [0.4, 0.5) is 21.5 Å². The summed E-state index contributed by atoms with van der Waals surface area (Å²) < 4.78 is 26.1. The van der Waals surface area contributed by atoms with Crippen LogP contribution in [0.15, 0.2) is 65.4 Å². The van der Waals surface area contributed by atoms with Gasteiger partial charge in [0.25, 0.3) is 5.91 Å². The Kier molecular flexibility index (Phi) is 7.60. The summed E-state index contributed by atoms with van der Waals surface area (Å²) in [7, 11) is 0. The number of aryl methyl sites for hydroxylation is 1. The number of halogens is 1. The van der Waals surface area contributed by atoms with Crippen LogP contribution in [0.25, 0.3) is 0 Å². The summed E-state index contributed by atoms with van der Waals surface area (Å²) in [4.78, 5) is 25.8. The Morgan fingerprint density at radius 3 is 2.74 bits per heavy atom. The van der Waals surface area contributed by atoms with Gasteiger partial charge in [0.2, 0.25) is 0 Å². The predicted octanol–water partition coefficient (Wildman–Crippen LogP) is 5.05. The Morgan fingerprint density at radius 2 is 1.97 bits per heavy atom. The Labute approximate surface area is 227 Å². The van der Waals surface area contributed by atoms with Gasteiger partial charge in [-0.3, -0.25) is 9.59 Å². The lowest BCUT2D eigenvalue weighted by molar-refractivity contribution is 0.0536. The first-order chi connectivity index (χ1) is 18.8. The van der Waals surface area contributed by atoms with Gasteiger partial charge in [0.15, 0.2) is 5.78 Å². The second kappa shape index (κ2) is 11.2. The lowest BCUT2D eigenvalue weighted by atomic mass is 9.98. The van der Waals surface area contributed by atoms with Crippen LogP contribution in [0.3, 0.4) is 0 Å². The molecule has 0 fully saturated rings. The van der Waals surface area contributed by atoms with E-state index in [0.717, 1.165) is 0 Å². The Bertz CT molecular complexity index is 1540. The molecule has 8 nitrogen and oxygen atoms in total. The van der Waals surface area contributed by atoms with Crippen LogP contribution in [0.2, 0.25) is 0 Å². The summed E-state index contributed by atoms with van der Waals surface area (Å²) in [5, 5.41) is 27.8. The normalized spacial score (nSPS) is 13.0. The molecule has 0 unspecified atom stereocenters. The van der Waals surface area contributed by atoms with Crippen molar-refractivity contribution in [1.82, 2.24) is 0 Å². The molecule has 1 amide bonds. The van der Waals surface area contributed by atoms with Gasteiger partial charge in [-0.2, -0.15) is 11.3 Å². The van der Waals surface area contributed by atoms with Gasteiger partial charge in [-0.25, -0.2) is 4.39 Å². The van der Waals surface area contributed by atoms with Crippen LogP contribution in [0.5, 0.6) is 11.5 Å². The maximum atomic E-state index is 14.6. The van der Waals surface area contributed by atoms with Crippen molar-refractivity contribution in [3.63, 3.8) is 0 Å². The van der Waals surface area contributed by atoms with Crippen molar-refractivity contribution < 1.29 is 33.7 Å². The summed E-state index contributed by atoms with van der Waals surface area (Å²) in [6.45, 7) is 1.37. The minimum absolute atomic E-state index is 0.0421. The molecule has 4 aromatic rings. The van der Waals surface area contributed by atoms with E-state index in [4.69, 9.17) is 14.6 Å². The molecule has 10 heteroatoms. The van der Waals surface area contributed by atoms with Crippen LogP contribution in [0, 0.1) is 12.7 Å². The van der Waals surface area contributed by atoms with E-state index >= 15 is 0 Å². The van der Waals surface area contributed by atoms with Crippen LogP contribution in [0.1, 0.15) is 37.4 Å². The summed E-state index contributed by atoms with van der Waals surface area (Å²) in [5.74, 6) is -0.423. The highest BCUT2D eigenvalue weighted by Crippen LogP contribution is 2.34. The highest BCUT2D eigenvalue weighted by molar-refractivity contribution is 7.08. The van der Waals surface area contributed by atoms with Crippen molar-refractivity contribution in [2.24, 2.45) is 0 Å². The zero-order valence-electron chi connectivity index (χ0n) is 20.9. The molecule has 1 aromatic heterocycles. The monoisotopic (exact) mass is 548 g/mol. The maximum absolute atomic E-state index is 14.6. The average Bonchev–Trinajstić information content (AvgIpc) is 3.44. The number of aliphatic hydroxyl groups is 2. The van der Waals surface area contributed by atoms with Gasteiger partial charge >= 0.3 is 0 Å². The van der Waals surface area contributed by atoms with Gasteiger partial charge in [-0.05, 0) is 60.3 Å². The molecule has 1 aliphatic rings. The molecule has 0 spiro atoms. The number of benzene rings is 3. The molecule has 0 aliphatic carbocycles. The highest BCUT2D eigenvalue weighted by Gasteiger charge is 2.24. The number of hydrogen-bond donors (Lipinski definition) is 4. The smallest absolute Gasteiger partial charge is 0.256 e. The average molecular weight is 549 g/mol. The third-order valence-electron chi connectivity index (χ3n) is 6.21. The van der Waals surface area contributed by atoms with Crippen molar-refractivity contribution in [1.29, 1.82) is 0 Å². The van der Waals surface area contributed by atoms with E-state index < -0.39 is 24.4 Å². The lowest BCUT2D eigenvalue weighted by Gasteiger charge is -2.15. The zero-order chi connectivity index (χ0) is 27.5. The Morgan fingerprint density at radius 1 is 1.13 bits per heavy atom. The molecule has 5 rings (SSSR count). The molecule has 200 valence electrons. The van der Waals surface area contributed by atoms with Gasteiger partial charge < -0.3 is 30.3 Å². The summed E-state index contributed by atoms with van der Waals surface area (Å²) in [6.07, 6.45) is -1.02. The third-order valence-corrected chi connectivity index (χ3v) is 6.90.